The van der Waals surface area contributed by atoms with E-state index in [9.17, 15) is 0 Å². The van der Waals surface area contributed by atoms with Gasteiger partial charge in [-0.05, 0) is 12.0 Å². The number of likely N-dealkylation sites (N-methyl/N-ethyl adjacent to an activating group) is 1. The summed E-state index contributed by atoms with van der Waals surface area (Å²) in [5.74, 6) is 1.55. The van der Waals surface area contributed by atoms with Crippen molar-refractivity contribution in [2.75, 3.05) is 33.3 Å². The van der Waals surface area contributed by atoms with Gasteiger partial charge in [0.1, 0.15) is 0 Å². The van der Waals surface area contributed by atoms with Gasteiger partial charge < -0.3 is 15.0 Å². The van der Waals surface area contributed by atoms with Gasteiger partial charge in [-0.2, -0.15) is 0 Å². The van der Waals surface area contributed by atoms with Crippen molar-refractivity contribution in [2.45, 2.75) is 12.5 Å². The second kappa shape index (κ2) is 7.26. The summed E-state index contributed by atoms with van der Waals surface area (Å²) in [6, 6.07) is 10.5. The Labute approximate surface area is 137 Å². The third-order valence-electron chi connectivity index (χ3n) is 3.92. The molecule has 3 rings (SSSR count). The van der Waals surface area contributed by atoms with E-state index < -0.39 is 0 Å². The Kier molecular flexibility index (Phi) is 5.65. The molecule has 1 N–H and O–H groups in total. The summed E-state index contributed by atoms with van der Waals surface area (Å²) in [6.45, 7) is 3.71. The molecule has 0 spiro atoms. The van der Waals surface area contributed by atoms with Crippen LogP contribution in [0.1, 0.15) is 18.1 Å². The van der Waals surface area contributed by atoms with E-state index in [-0.39, 0.29) is 30.1 Å². The third-order valence-corrected chi connectivity index (χ3v) is 3.92. The van der Waals surface area contributed by atoms with Crippen molar-refractivity contribution in [1.82, 2.24) is 10.2 Å². The second-order valence-electron chi connectivity index (χ2n) is 5.26. The topological polar surface area (TPSA) is 36.9 Å². The standard InChI is InChI=1S/C15H21N3O.HI/c1-18-9-8-16-15(18)17-11-13-7-10-19-14(13)12-5-3-2-4-6-12;/h2-6,13-14H,7-11H2,1H3,(H,16,17);1H/t13-,14-;/m0./s1. The molecule has 0 unspecified atom stereocenters. The highest BCUT2D eigenvalue weighted by atomic mass is 127. The summed E-state index contributed by atoms with van der Waals surface area (Å²) in [7, 11) is 2.08. The summed E-state index contributed by atoms with van der Waals surface area (Å²) >= 11 is 0. The van der Waals surface area contributed by atoms with Crippen LogP contribution in [-0.2, 0) is 4.74 Å². The van der Waals surface area contributed by atoms with Crippen molar-refractivity contribution in [1.29, 1.82) is 0 Å². The molecule has 5 heteroatoms. The van der Waals surface area contributed by atoms with E-state index in [1.807, 2.05) is 6.07 Å². The van der Waals surface area contributed by atoms with Crippen LogP contribution in [0.2, 0.25) is 0 Å². The zero-order chi connectivity index (χ0) is 13.1. The lowest BCUT2D eigenvalue weighted by molar-refractivity contribution is 0.0914. The molecule has 110 valence electrons. The Balaban J connectivity index is 0.00000147. The summed E-state index contributed by atoms with van der Waals surface area (Å²) in [5, 5.41) is 3.47. The van der Waals surface area contributed by atoms with Crippen LogP contribution in [0.15, 0.2) is 35.3 Å². The van der Waals surface area contributed by atoms with Crippen LogP contribution < -0.4 is 5.32 Å². The lowest BCUT2D eigenvalue weighted by Crippen LogP contribution is -2.38. The smallest absolute Gasteiger partial charge is 0.193 e. The zero-order valence-corrected chi connectivity index (χ0v) is 14.1. The number of nitrogens with zero attached hydrogens (tertiary/aromatic N) is 2. The zero-order valence-electron chi connectivity index (χ0n) is 11.8. The van der Waals surface area contributed by atoms with Gasteiger partial charge in [0.15, 0.2) is 5.96 Å². The number of ether oxygens (including phenoxy) is 1. The van der Waals surface area contributed by atoms with E-state index in [0.717, 1.165) is 38.6 Å². The van der Waals surface area contributed by atoms with Gasteiger partial charge in [-0.15, -0.1) is 24.0 Å². The number of benzene rings is 1. The van der Waals surface area contributed by atoms with Gasteiger partial charge in [-0.25, -0.2) is 0 Å². The first kappa shape index (κ1) is 15.6. The van der Waals surface area contributed by atoms with Crippen molar-refractivity contribution in [2.24, 2.45) is 10.9 Å². The predicted molar refractivity (Wildman–Crippen MR) is 91.6 cm³/mol. The molecule has 0 radical (unpaired) electrons. The van der Waals surface area contributed by atoms with Gasteiger partial charge in [-0.3, -0.25) is 4.99 Å². The van der Waals surface area contributed by atoms with Crippen molar-refractivity contribution in [3.8, 4) is 0 Å². The fourth-order valence-electron chi connectivity index (χ4n) is 2.80. The molecule has 0 aromatic heterocycles. The minimum atomic E-state index is 0. The second-order valence-corrected chi connectivity index (χ2v) is 5.26. The van der Waals surface area contributed by atoms with E-state index in [4.69, 9.17) is 4.74 Å². The highest BCUT2D eigenvalue weighted by molar-refractivity contribution is 14.0. The monoisotopic (exact) mass is 387 g/mol. The molecule has 1 aromatic carbocycles. The van der Waals surface area contributed by atoms with E-state index >= 15 is 0 Å². The van der Waals surface area contributed by atoms with Crippen LogP contribution in [0.5, 0.6) is 0 Å². The molecule has 0 bridgehead atoms. The first-order chi connectivity index (χ1) is 9.34. The van der Waals surface area contributed by atoms with Crippen LogP contribution >= 0.6 is 24.0 Å². The molecular weight excluding hydrogens is 365 g/mol. The largest absolute Gasteiger partial charge is 0.373 e. The number of hydrogen-bond acceptors (Lipinski definition) is 4. The lowest BCUT2D eigenvalue weighted by atomic mass is 9.95. The van der Waals surface area contributed by atoms with Crippen LogP contribution in [0.3, 0.4) is 0 Å². The number of hydrogen-bond donors (Lipinski definition) is 1. The predicted octanol–water partition coefficient (Wildman–Crippen LogP) is 2.27. The molecule has 1 saturated heterocycles. The summed E-state index contributed by atoms with van der Waals surface area (Å²) in [5.41, 5.74) is 1.29. The molecule has 2 aliphatic heterocycles. The molecule has 0 saturated carbocycles. The van der Waals surface area contributed by atoms with Gasteiger partial charge >= 0.3 is 0 Å². The highest BCUT2D eigenvalue weighted by Gasteiger charge is 2.29. The Morgan fingerprint density at radius 3 is 2.85 bits per heavy atom. The SMILES string of the molecule is CN1CCN=C1NC[C@@H]1CCO[C@H]1c1ccccc1.I. The molecule has 2 aliphatic rings. The van der Waals surface area contributed by atoms with Crippen LogP contribution in [0, 0.1) is 5.92 Å². The average molecular weight is 387 g/mol. The van der Waals surface area contributed by atoms with Crippen molar-refractivity contribution >= 4 is 29.9 Å². The van der Waals surface area contributed by atoms with E-state index in [0.29, 0.717) is 5.92 Å². The van der Waals surface area contributed by atoms with Gasteiger partial charge in [0.05, 0.1) is 12.6 Å². The first-order valence-electron chi connectivity index (χ1n) is 7.00. The maximum atomic E-state index is 5.90. The maximum absolute atomic E-state index is 5.90. The van der Waals surface area contributed by atoms with Crippen molar-refractivity contribution in [3.63, 3.8) is 0 Å². The molecule has 1 fully saturated rings. The Hall–Kier alpha value is -0.820. The fourth-order valence-corrected chi connectivity index (χ4v) is 2.80. The van der Waals surface area contributed by atoms with Crippen molar-refractivity contribution in [3.05, 3.63) is 35.9 Å². The van der Waals surface area contributed by atoms with E-state index in [1.165, 1.54) is 5.56 Å². The molecule has 0 amide bonds. The first-order valence-corrected chi connectivity index (χ1v) is 7.00. The quantitative estimate of drug-likeness (QED) is 0.809. The highest BCUT2D eigenvalue weighted by Crippen LogP contribution is 2.33. The molecule has 0 aliphatic carbocycles. The van der Waals surface area contributed by atoms with Crippen LogP contribution in [0.4, 0.5) is 0 Å². The Bertz CT molecular complexity index is 452. The number of guanidine groups is 1. The molecular formula is C15H22IN3O. The summed E-state index contributed by atoms with van der Waals surface area (Å²) < 4.78 is 5.90. The van der Waals surface area contributed by atoms with E-state index in [1.54, 1.807) is 0 Å². The van der Waals surface area contributed by atoms with Gasteiger partial charge in [0.2, 0.25) is 0 Å². The fraction of sp³-hybridized carbons (Fsp3) is 0.533. The number of aliphatic imine (C=N–C) groups is 1. The molecule has 2 atom stereocenters. The van der Waals surface area contributed by atoms with Gasteiger partial charge in [0.25, 0.3) is 0 Å². The van der Waals surface area contributed by atoms with Crippen molar-refractivity contribution < 1.29 is 4.74 Å². The Morgan fingerprint density at radius 2 is 2.15 bits per heavy atom. The number of rotatable bonds is 3. The van der Waals surface area contributed by atoms with Crippen LogP contribution in [0.25, 0.3) is 0 Å². The maximum Gasteiger partial charge on any atom is 0.193 e. The van der Waals surface area contributed by atoms with Gasteiger partial charge in [0, 0.05) is 32.7 Å². The minimum Gasteiger partial charge on any atom is -0.373 e. The Morgan fingerprint density at radius 1 is 1.35 bits per heavy atom. The molecule has 1 aromatic rings. The van der Waals surface area contributed by atoms with Crippen LogP contribution in [-0.4, -0.2) is 44.1 Å². The molecule has 2 heterocycles. The molecule has 4 nitrogen and oxygen atoms in total. The lowest BCUT2D eigenvalue weighted by Gasteiger charge is -2.22. The molecule has 20 heavy (non-hydrogen) atoms. The summed E-state index contributed by atoms with van der Waals surface area (Å²) in [6.07, 6.45) is 1.34. The average Bonchev–Trinajstić information content (AvgIpc) is 3.06. The number of halogens is 1. The van der Waals surface area contributed by atoms with Gasteiger partial charge in [-0.1, -0.05) is 30.3 Å². The third kappa shape index (κ3) is 3.44. The van der Waals surface area contributed by atoms with E-state index in [2.05, 4.69) is 46.5 Å². The summed E-state index contributed by atoms with van der Waals surface area (Å²) in [4.78, 5) is 6.64. The normalized spacial score (nSPS) is 25.2. The minimum absolute atomic E-state index is 0. The number of nitrogens with one attached hydrogen (secondary N) is 1.